The van der Waals surface area contributed by atoms with Gasteiger partial charge in [0, 0.05) is 27.6 Å². The molecule has 0 spiro atoms. The molecule has 1 aliphatic heterocycles. The quantitative estimate of drug-likeness (QED) is 0.413. The molecule has 1 N–H and O–H groups in total. The molecule has 5 aromatic rings. The summed E-state index contributed by atoms with van der Waals surface area (Å²) in [4.78, 5) is 24.6. The molecule has 0 aliphatic carbocycles. The number of hydrogen-bond donors (Lipinski definition) is 1. The second kappa shape index (κ2) is 6.99. The van der Waals surface area contributed by atoms with Crippen molar-refractivity contribution in [2.45, 2.75) is 0 Å². The van der Waals surface area contributed by atoms with Crippen LogP contribution in [0.5, 0.6) is 0 Å². The predicted molar refractivity (Wildman–Crippen MR) is 120 cm³/mol. The highest BCUT2D eigenvalue weighted by molar-refractivity contribution is 6.27. The van der Waals surface area contributed by atoms with Crippen LogP contribution in [-0.2, 0) is 0 Å². The minimum absolute atomic E-state index is 0.369. The van der Waals surface area contributed by atoms with E-state index >= 15 is 0 Å². The Morgan fingerprint density at radius 3 is 1.88 bits per heavy atom. The zero-order valence-corrected chi connectivity index (χ0v) is 16.7. The molecule has 6 nitrogen and oxygen atoms in total. The topological polar surface area (TPSA) is 85.1 Å². The molecule has 2 heterocycles. The van der Waals surface area contributed by atoms with Crippen LogP contribution < -0.4 is 5.32 Å². The highest BCUT2D eigenvalue weighted by atomic mass is 16.4. The number of hydrogen-bond acceptors (Lipinski definition) is 5. The maximum atomic E-state index is 12.3. The second-order valence-electron chi connectivity index (χ2n) is 7.53. The summed E-state index contributed by atoms with van der Waals surface area (Å²) in [6, 6.07) is 26.6. The Bertz CT molecular complexity index is 1500. The van der Waals surface area contributed by atoms with Crippen LogP contribution in [0, 0.1) is 0 Å². The first-order valence-electron chi connectivity index (χ1n) is 10.1. The predicted octanol–water partition coefficient (Wildman–Crippen LogP) is 5.11. The number of imide groups is 1. The van der Waals surface area contributed by atoms with Gasteiger partial charge < -0.3 is 4.42 Å². The summed E-state index contributed by atoms with van der Waals surface area (Å²) < 4.78 is 5.84. The third-order valence-corrected chi connectivity index (χ3v) is 5.65. The van der Waals surface area contributed by atoms with Crippen molar-refractivity contribution in [3.63, 3.8) is 0 Å². The fourth-order valence-electron chi connectivity index (χ4n) is 4.10. The smallest absolute Gasteiger partial charge is 0.258 e. The first-order chi connectivity index (χ1) is 15.7. The molecule has 6 heteroatoms. The fraction of sp³-hybridized carbons (Fsp3) is 0. The van der Waals surface area contributed by atoms with Gasteiger partial charge in [0.15, 0.2) is 0 Å². The van der Waals surface area contributed by atoms with E-state index in [4.69, 9.17) is 4.42 Å². The second-order valence-corrected chi connectivity index (χ2v) is 7.53. The first kappa shape index (κ1) is 18.2. The maximum absolute atomic E-state index is 12.3. The van der Waals surface area contributed by atoms with Gasteiger partial charge in [0.1, 0.15) is 0 Å². The number of rotatable bonds is 3. The lowest BCUT2D eigenvalue weighted by Gasteiger charge is -2.18. The number of nitrogens with zero attached hydrogens (tertiary/aromatic N) is 2. The Kier molecular flexibility index (Phi) is 3.98. The molecule has 1 aromatic heterocycles. The molecular formula is C26H15N3O3. The largest absolute Gasteiger partial charge is 0.416 e. The molecule has 0 atom stereocenters. The summed E-state index contributed by atoms with van der Waals surface area (Å²) in [5.41, 5.74) is 4.59. The van der Waals surface area contributed by atoms with Crippen molar-refractivity contribution in [3.8, 4) is 34.0 Å². The highest BCUT2D eigenvalue weighted by Crippen LogP contribution is 2.35. The van der Waals surface area contributed by atoms with E-state index < -0.39 is 0 Å². The van der Waals surface area contributed by atoms with Crippen molar-refractivity contribution < 1.29 is 14.0 Å². The van der Waals surface area contributed by atoms with Gasteiger partial charge in [-0.1, -0.05) is 48.5 Å². The Morgan fingerprint density at radius 1 is 0.562 bits per heavy atom. The zero-order chi connectivity index (χ0) is 21.7. The maximum Gasteiger partial charge on any atom is 0.258 e. The Balaban J connectivity index is 1.40. The third kappa shape index (κ3) is 2.81. The van der Waals surface area contributed by atoms with E-state index in [-0.39, 0.29) is 11.8 Å². The van der Waals surface area contributed by atoms with Gasteiger partial charge in [-0.3, -0.25) is 14.9 Å². The zero-order valence-electron chi connectivity index (χ0n) is 16.7. The van der Waals surface area contributed by atoms with Crippen molar-refractivity contribution in [1.29, 1.82) is 0 Å². The van der Waals surface area contributed by atoms with Crippen LogP contribution in [0.3, 0.4) is 0 Å². The molecule has 2 amide bonds. The number of carbonyl (C=O) groups excluding carboxylic acids is 2. The third-order valence-electron chi connectivity index (χ3n) is 5.65. The van der Waals surface area contributed by atoms with Crippen LogP contribution in [0.25, 0.3) is 44.8 Å². The number of aromatic nitrogens is 2. The van der Waals surface area contributed by atoms with Crippen LogP contribution >= 0.6 is 0 Å². The summed E-state index contributed by atoms with van der Waals surface area (Å²) in [6.07, 6.45) is 0. The summed E-state index contributed by atoms with van der Waals surface area (Å²) in [5.74, 6) is 0.170. The molecule has 0 unspecified atom stereocenters. The fourth-order valence-corrected chi connectivity index (χ4v) is 4.10. The molecular weight excluding hydrogens is 402 g/mol. The molecule has 0 saturated carbocycles. The van der Waals surface area contributed by atoms with Gasteiger partial charge in [-0.25, -0.2) is 0 Å². The van der Waals surface area contributed by atoms with Crippen molar-refractivity contribution >= 4 is 22.6 Å². The van der Waals surface area contributed by atoms with Gasteiger partial charge in [-0.05, 0) is 52.9 Å². The molecule has 0 saturated heterocycles. The van der Waals surface area contributed by atoms with E-state index in [0.29, 0.717) is 28.3 Å². The van der Waals surface area contributed by atoms with Gasteiger partial charge in [-0.15, -0.1) is 10.2 Å². The van der Waals surface area contributed by atoms with E-state index in [2.05, 4.69) is 15.5 Å². The van der Waals surface area contributed by atoms with E-state index in [1.807, 2.05) is 72.8 Å². The minimum atomic E-state index is -0.369. The normalized spacial score (nSPS) is 12.8. The lowest BCUT2D eigenvalue weighted by molar-refractivity contribution is 0.0845. The average molecular weight is 417 g/mol. The van der Waals surface area contributed by atoms with E-state index in [0.717, 1.165) is 27.6 Å². The SMILES string of the molecule is O=C1NC(=O)c2ccc(-c3ccc(-c4nnc(-c5ccccc5)o4)cc3)c3cccc1c23. The van der Waals surface area contributed by atoms with Crippen molar-refractivity contribution in [1.82, 2.24) is 15.5 Å². The highest BCUT2D eigenvalue weighted by Gasteiger charge is 2.25. The van der Waals surface area contributed by atoms with Crippen LogP contribution in [0.1, 0.15) is 20.7 Å². The standard InChI is InChI=1S/C26H15N3O3/c30-23-20-8-4-7-19-18(13-14-21(22(19)20)24(31)27-23)15-9-11-17(12-10-15)26-29-28-25(32-26)16-5-2-1-3-6-16/h1-14H,(H,27,30,31). The molecule has 6 rings (SSSR count). The number of benzene rings is 4. The van der Waals surface area contributed by atoms with Crippen LogP contribution in [0.2, 0.25) is 0 Å². The van der Waals surface area contributed by atoms with Crippen molar-refractivity contribution in [2.24, 2.45) is 0 Å². The van der Waals surface area contributed by atoms with Crippen molar-refractivity contribution in [3.05, 3.63) is 96.1 Å². The van der Waals surface area contributed by atoms with Crippen LogP contribution in [0.4, 0.5) is 0 Å². The van der Waals surface area contributed by atoms with Gasteiger partial charge in [0.25, 0.3) is 11.8 Å². The Morgan fingerprint density at radius 2 is 1.16 bits per heavy atom. The first-order valence-corrected chi connectivity index (χ1v) is 10.1. The van der Waals surface area contributed by atoms with E-state index in [1.54, 1.807) is 12.1 Å². The number of amides is 2. The van der Waals surface area contributed by atoms with Gasteiger partial charge in [-0.2, -0.15) is 0 Å². The summed E-state index contributed by atoms with van der Waals surface area (Å²) in [6.45, 7) is 0. The Hall–Kier alpha value is -4.58. The summed E-state index contributed by atoms with van der Waals surface area (Å²) in [5, 5.41) is 12.3. The van der Waals surface area contributed by atoms with Crippen LogP contribution in [-0.4, -0.2) is 22.0 Å². The number of nitrogens with one attached hydrogen (secondary N) is 1. The molecule has 0 radical (unpaired) electrons. The minimum Gasteiger partial charge on any atom is -0.416 e. The molecule has 0 fully saturated rings. The van der Waals surface area contributed by atoms with Gasteiger partial charge in [0.2, 0.25) is 11.8 Å². The molecule has 152 valence electrons. The average Bonchev–Trinajstić information content (AvgIpc) is 3.33. The molecule has 32 heavy (non-hydrogen) atoms. The van der Waals surface area contributed by atoms with Crippen molar-refractivity contribution in [2.75, 3.05) is 0 Å². The number of carbonyl (C=O) groups is 2. The Labute approximate surface area is 182 Å². The monoisotopic (exact) mass is 417 g/mol. The lowest BCUT2D eigenvalue weighted by Crippen LogP contribution is -2.34. The van der Waals surface area contributed by atoms with Gasteiger partial charge >= 0.3 is 0 Å². The van der Waals surface area contributed by atoms with E-state index in [1.165, 1.54) is 0 Å². The molecule has 4 aromatic carbocycles. The van der Waals surface area contributed by atoms with Gasteiger partial charge in [0.05, 0.1) is 0 Å². The lowest BCUT2D eigenvalue weighted by atomic mass is 9.89. The van der Waals surface area contributed by atoms with Crippen LogP contribution in [0.15, 0.2) is 89.3 Å². The molecule has 1 aliphatic rings. The summed E-state index contributed by atoms with van der Waals surface area (Å²) >= 11 is 0. The van der Waals surface area contributed by atoms with E-state index in [9.17, 15) is 9.59 Å². The molecule has 0 bridgehead atoms. The summed E-state index contributed by atoms with van der Waals surface area (Å²) in [7, 11) is 0.